The average Bonchev–Trinajstić information content (AvgIpc) is 3.22. The lowest BCUT2D eigenvalue weighted by atomic mass is 10.3. The van der Waals surface area contributed by atoms with E-state index in [1.807, 2.05) is 19.1 Å². The average molecular weight is 533 g/mol. The van der Waals surface area contributed by atoms with Crippen molar-refractivity contribution in [1.29, 1.82) is 0 Å². The minimum atomic E-state index is -3.32. The fraction of sp³-hybridized carbons (Fsp3) is 0.474. The van der Waals surface area contributed by atoms with Crippen molar-refractivity contribution >= 4 is 39.8 Å². The Bertz CT molecular complexity index is 851. The summed E-state index contributed by atoms with van der Waals surface area (Å²) in [5.74, 6) is 0.768. The summed E-state index contributed by atoms with van der Waals surface area (Å²) in [6, 6.07) is 10.4. The molecule has 2 heterocycles. The molecule has 1 aromatic heterocycles. The summed E-state index contributed by atoms with van der Waals surface area (Å²) in [4.78, 5) is 9.39. The number of guanidine groups is 1. The van der Waals surface area contributed by atoms with E-state index in [-0.39, 0.29) is 36.3 Å². The highest BCUT2D eigenvalue weighted by Crippen LogP contribution is 2.10. The van der Waals surface area contributed by atoms with E-state index in [2.05, 4.69) is 25.3 Å². The molecule has 8 nitrogen and oxygen atoms in total. The molecule has 0 unspecified atom stereocenters. The molecule has 0 bridgehead atoms. The molecule has 1 saturated heterocycles. The number of benzene rings is 1. The van der Waals surface area contributed by atoms with Crippen LogP contribution in [0.15, 0.2) is 57.1 Å². The number of hydrogen-bond donors (Lipinski definition) is 1. The number of rotatable bonds is 7. The van der Waals surface area contributed by atoms with Crippen molar-refractivity contribution < 1.29 is 12.9 Å². The summed E-state index contributed by atoms with van der Waals surface area (Å²) >= 11 is 0. The molecule has 160 valence electrons. The van der Waals surface area contributed by atoms with Crippen LogP contribution >= 0.6 is 24.0 Å². The zero-order chi connectivity index (χ0) is 19.8. The SMILES string of the molecule is CCNC(=NCCS(=O)(=O)c1ccccc1)N1CCN(Cc2ccon2)CC1.I. The Hall–Kier alpha value is -1.66. The molecule has 10 heteroatoms. The number of halogens is 1. The summed E-state index contributed by atoms with van der Waals surface area (Å²) in [5.41, 5.74) is 0.931. The third-order valence-corrected chi connectivity index (χ3v) is 6.32. The van der Waals surface area contributed by atoms with Crippen molar-refractivity contribution in [2.75, 3.05) is 45.0 Å². The van der Waals surface area contributed by atoms with Gasteiger partial charge in [-0.15, -0.1) is 24.0 Å². The van der Waals surface area contributed by atoms with Crippen LogP contribution in [0.25, 0.3) is 0 Å². The molecule has 1 aliphatic heterocycles. The molecule has 3 rings (SSSR count). The number of nitrogens with one attached hydrogen (secondary N) is 1. The predicted octanol–water partition coefficient (Wildman–Crippen LogP) is 1.85. The van der Waals surface area contributed by atoms with E-state index in [1.165, 1.54) is 0 Å². The standard InChI is InChI=1S/C19H27N5O3S.HI/c1-2-20-19(21-9-15-28(25,26)18-6-4-3-5-7-18)24-12-10-23(11-13-24)16-17-8-14-27-22-17;/h3-8,14H,2,9-13,15-16H2,1H3,(H,20,21);1H. The Morgan fingerprint density at radius 2 is 1.90 bits per heavy atom. The van der Waals surface area contributed by atoms with Gasteiger partial charge in [0.05, 0.1) is 22.9 Å². The Morgan fingerprint density at radius 1 is 1.17 bits per heavy atom. The third-order valence-electron chi connectivity index (χ3n) is 4.61. The fourth-order valence-electron chi connectivity index (χ4n) is 3.11. The summed E-state index contributed by atoms with van der Waals surface area (Å²) in [5, 5.41) is 7.23. The van der Waals surface area contributed by atoms with Crippen molar-refractivity contribution in [2.45, 2.75) is 18.4 Å². The van der Waals surface area contributed by atoms with Crippen LogP contribution in [0, 0.1) is 0 Å². The molecule has 0 atom stereocenters. The van der Waals surface area contributed by atoms with Gasteiger partial charge in [-0.2, -0.15) is 0 Å². The number of aliphatic imine (C=N–C) groups is 1. The first-order valence-electron chi connectivity index (χ1n) is 9.51. The molecule has 1 fully saturated rings. The van der Waals surface area contributed by atoms with Gasteiger partial charge in [0.15, 0.2) is 15.8 Å². The number of nitrogens with zero attached hydrogens (tertiary/aromatic N) is 4. The van der Waals surface area contributed by atoms with Gasteiger partial charge in [0, 0.05) is 45.3 Å². The summed E-state index contributed by atoms with van der Waals surface area (Å²) in [6.45, 7) is 7.19. The molecular weight excluding hydrogens is 505 g/mol. The third kappa shape index (κ3) is 6.96. The van der Waals surface area contributed by atoms with Crippen molar-refractivity contribution in [1.82, 2.24) is 20.3 Å². The molecule has 1 aliphatic rings. The van der Waals surface area contributed by atoms with E-state index in [0.717, 1.165) is 50.9 Å². The van der Waals surface area contributed by atoms with Crippen LogP contribution in [0.2, 0.25) is 0 Å². The van der Waals surface area contributed by atoms with Crippen LogP contribution in [0.4, 0.5) is 0 Å². The van der Waals surface area contributed by atoms with Crippen LogP contribution in [0.1, 0.15) is 12.6 Å². The second-order valence-electron chi connectivity index (χ2n) is 6.62. The van der Waals surface area contributed by atoms with Crippen molar-refractivity contribution in [3.05, 3.63) is 48.4 Å². The maximum Gasteiger partial charge on any atom is 0.194 e. The van der Waals surface area contributed by atoms with E-state index >= 15 is 0 Å². The van der Waals surface area contributed by atoms with Crippen LogP contribution in [-0.4, -0.2) is 74.4 Å². The zero-order valence-electron chi connectivity index (χ0n) is 16.5. The topological polar surface area (TPSA) is 91.0 Å². The summed E-state index contributed by atoms with van der Waals surface area (Å²) in [6.07, 6.45) is 1.59. The summed E-state index contributed by atoms with van der Waals surface area (Å²) in [7, 11) is -3.32. The first-order chi connectivity index (χ1) is 13.6. The molecule has 0 amide bonds. The highest BCUT2D eigenvalue weighted by molar-refractivity contribution is 14.0. The lowest BCUT2D eigenvalue weighted by molar-refractivity contribution is 0.169. The van der Waals surface area contributed by atoms with Gasteiger partial charge in [-0.05, 0) is 19.1 Å². The van der Waals surface area contributed by atoms with Gasteiger partial charge in [0.25, 0.3) is 0 Å². The van der Waals surface area contributed by atoms with Gasteiger partial charge >= 0.3 is 0 Å². The molecule has 0 radical (unpaired) electrons. The molecule has 0 aliphatic carbocycles. The van der Waals surface area contributed by atoms with Crippen LogP contribution in [0.5, 0.6) is 0 Å². The molecular formula is C19H28IN5O3S. The molecule has 29 heavy (non-hydrogen) atoms. The zero-order valence-corrected chi connectivity index (χ0v) is 19.7. The van der Waals surface area contributed by atoms with Gasteiger partial charge in [-0.3, -0.25) is 9.89 Å². The lowest BCUT2D eigenvalue weighted by Crippen LogP contribution is -2.52. The minimum Gasteiger partial charge on any atom is -0.364 e. The van der Waals surface area contributed by atoms with Gasteiger partial charge in [-0.25, -0.2) is 8.42 Å². The largest absolute Gasteiger partial charge is 0.364 e. The molecule has 0 spiro atoms. The van der Waals surface area contributed by atoms with Crippen LogP contribution in [-0.2, 0) is 16.4 Å². The Labute approximate surface area is 189 Å². The lowest BCUT2D eigenvalue weighted by Gasteiger charge is -2.36. The Kier molecular flexibility index (Phi) is 9.37. The van der Waals surface area contributed by atoms with Gasteiger partial charge < -0.3 is 14.7 Å². The molecule has 1 N–H and O–H groups in total. The van der Waals surface area contributed by atoms with Crippen molar-refractivity contribution in [2.24, 2.45) is 4.99 Å². The normalized spacial score (nSPS) is 15.8. The highest BCUT2D eigenvalue weighted by Gasteiger charge is 2.20. The molecule has 1 aromatic carbocycles. The highest BCUT2D eigenvalue weighted by atomic mass is 127. The van der Waals surface area contributed by atoms with E-state index in [4.69, 9.17) is 4.52 Å². The van der Waals surface area contributed by atoms with Crippen molar-refractivity contribution in [3.63, 3.8) is 0 Å². The number of aromatic nitrogens is 1. The van der Waals surface area contributed by atoms with Crippen LogP contribution in [0.3, 0.4) is 0 Å². The maximum absolute atomic E-state index is 12.4. The number of piperazine rings is 1. The number of sulfone groups is 1. The first kappa shape index (κ1) is 23.6. The number of hydrogen-bond acceptors (Lipinski definition) is 6. The second kappa shape index (κ2) is 11.5. The van der Waals surface area contributed by atoms with Crippen molar-refractivity contribution in [3.8, 4) is 0 Å². The fourth-order valence-corrected chi connectivity index (χ4v) is 4.25. The van der Waals surface area contributed by atoms with Gasteiger partial charge in [-0.1, -0.05) is 23.4 Å². The molecule has 0 saturated carbocycles. The Balaban J connectivity index is 0.00000300. The quantitative estimate of drug-likeness (QED) is 0.330. The first-order valence-corrected chi connectivity index (χ1v) is 11.2. The van der Waals surface area contributed by atoms with Crippen LogP contribution < -0.4 is 5.32 Å². The second-order valence-corrected chi connectivity index (χ2v) is 8.73. The van der Waals surface area contributed by atoms with E-state index in [1.54, 1.807) is 30.5 Å². The van der Waals surface area contributed by atoms with E-state index in [9.17, 15) is 8.42 Å². The summed E-state index contributed by atoms with van der Waals surface area (Å²) < 4.78 is 29.7. The monoisotopic (exact) mass is 533 g/mol. The van der Waals surface area contributed by atoms with Gasteiger partial charge in [0.1, 0.15) is 6.26 Å². The van der Waals surface area contributed by atoms with Gasteiger partial charge in [0.2, 0.25) is 0 Å². The minimum absolute atomic E-state index is 0. The maximum atomic E-state index is 12.4. The smallest absolute Gasteiger partial charge is 0.194 e. The van der Waals surface area contributed by atoms with E-state index in [0.29, 0.717) is 4.90 Å². The predicted molar refractivity (Wildman–Crippen MR) is 123 cm³/mol. The molecule has 2 aromatic rings. The van der Waals surface area contributed by atoms with E-state index < -0.39 is 9.84 Å². The Morgan fingerprint density at radius 3 is 2.52 bits per heavy atom.